The standard InChI is InChI=1S/C30H39N3O3/c34-28(23-32-18-13-24-8-1-2-11-26(24)22-32)33-19-15-30(16-20-33)14-6-5-10-25-9-3-4-12-27(25)36-21-7-17-31-29(30)35/h1-4,8-9,11-12H,5-7,10,13-23H2,(H,31,35). The van der Waals surface area contributed by atoms with E-state index in [0.717, 1.165) is 70.2 Å². The van der Waals surface area contributed by atoms with Crippen LogP contribution >= 0.6 is 0 Å². The average molecular weight is 490 g/mol. The van der Waals surface area contributed by atoms with Crippen LogP contribution in [0.4, 0.5) is 0 Å². The van der Waals surface area contributed by atoms with E-state index in [-0.39, 0.29) is 17.2 Å². The van der Waals surface area contributed by atoms with Crippen LogP contribution in [0.5, 0.6) is 5.75 Å². The summed E-state index contributed by atoms with van der Waals surface area (Å²) in [6.07, 6.45) is 7.19. The van der Waals surface area contributed by atoms with Gasteiger partial charge in [0, 0.05) is 32.7 Å². The molecule has 5 rings (SSSR count). The molecule has 6 nitrogen and oxygen atoms in total. The number of amides is 2. The van der Waals surface area contributed by atoms with Gasteiger partial charge in [-0.2, -0.15) is 0 Å². The molecule has 3 aliphatic rings. The van der Waals surface area contributed by atoms with E-state index < -0.39 is 0 Å². The summed E-state index contributed by atoms with van der Waals surface area (Å²) in [5.74, 6) is 1.34. The minimum atomic E-state index is -0.366. The zero-order chi connectivity index (χ0) is 24.8. The van der Waals surface area contributed by atoms with E-state index in [1.807, 2.05) is 17.0 Å². The summed E-state index contributed by atoms with van der Waals surface area (Å²) >= 11 is 0. The highest BCUT2D eigenvalue weighted by atomic mass is 16.5. The van der Waals surface area contributed by atoms with Crippen LogP contribution in [0.3, 0.4) is 0 Å². The largest absolute Gasteiger partial charge is 0.493 e. The molecule has 0 aromatic heterocycles. The molecule has 1 saturated heterocycles. The highest BCUT2D eigenvalue weighted by molar-refractivity contribution is 5.83. The molecule has 2 aromatic carbocycles. The number of hydrogen-bond donors (Lipinski definition) is 1. The fraction of sp³-hybridized carbons (Fsp3) is 0.533. The molecule has 0 aliphatic carbocycles. The van der Waals surface area contributed by atoms with Gasteiger partial charge in [0.1, 0.15) is 5.75 Å². The van der Waals surface area contributed by atoms with Gasteiger partial charge in [-0.25, -0.2) is 0 Å². The predicted octanol–water partition coefficient (Wildman–Crippen LogP) is 3.97. The second-order valence-electron chi connectivity index (χ2n) is 10.7. The number of para-hydroxylation sites is 1. The first-order valence-corrected chi connectivity index (χ1v) is 13.7. The number of nitrogens with one attached hydrogen (secondary N) is 1. The number of benzene rings is 2. The molecular formula is C30H39N3O3. The number of fused-ring (bicyclic) bond motifs is 2. The average Bonchev–Trinajstić information content (AvgIpc) is 2.92. The monoisotopic (exact) mass is 489 g/mol. The smallest absolute Gasteiger partial charge is 0.236 e. The lowest BCUT2D eigenvalue weighted by Gasteiger charge is -2.41. The molecule has 1 N–H and O–H groups in total. The van der Waals surface area contributed by atoms with Gasteiger partial charge >= 0.3 is 0 Å². The molecule has 36 heavy (non-hydrogen) atoms. The van der Waals surface area contributed by atoms with Gasteiger partial charge in [0.2, 0.25) is 11.8 Å². The topological polar surface area (TPSA) is 61.9 Å². The lowest BCUT2D eigenvalue weighted by molar-refractivity contribution is -0.141. The van der Waals surface area contributed by atoms with Crippen molar-refractivity contribution in [3.8, 4) is 5.75 Å². The molecule has 2 aromatic rings. The maximum atomic E-state index is 13.4. The Hall–Kier alpha value is -2.86. The van der Waals surface area contributed by atoms with Crippen molar-refractivity contribution in [3.05, 3.63) is 65.2 Å². The van der Waals surface area contributed by atoms with Crippen molar-refractivity contribution in [2.75, 3.05) is 39.3 Å². The van der Waals surface area contributed by atoms with Crippen molar-refractivity contribution in [1.82, 2.24) is 15.1 Å². The van der Waals surface area contributed by atoms with Gasteiger partial charge in [0.25, 0.3) is 0 Å². The molecule has 0 radical (unpaired) electrons. The molecule has 6 heteroatoms. The number of carbonyl (C=O) groups is 2. The molecule has 1 spiro atoms. The van der Waals surface area contributed by atoms with Gasteiger partial charge in [0.15, 0.2) is 0 Å². The molecule has 0 saturated carbocycles. The molecule has 1 fully saturated rings. The summed E-state index contributed by atoms with van der Waals surface area (Å²) in [7, 11) is 0. The number of hydrogen-bond acceptors (Lipinski definition) is 4. The van der Waals surface area contributed by atoms with Gasteiger partial charge in [-0.1, -0.05) is 48.9 Å². The minimum Gasteiger partial charge on any atom is -0.493 e. The summed E-state index contributed by atoms with van der Waals surface area (Å²) in [6.45, 7) is 4.80. The van der Waals surface area contributed by atoms with E-state index in [2.05, 4.69) is 46.6 Å². The Morgan fingerprint density at radius 3 is 2.44 bits per heavy atom. The first-order valence-electron chi connectivity index (χ1n) is 13.7. The third kappa shape index (κ3) is 5.75. The number of piperidine rings is 1. The summed E-state index contributed by atoms with van der Waals surface area (Å²) in [6, 6.07) is 16.8. The van der Waals surface area contributed by atoms with E-state index >= 15 is 0 Å². The number of aryl methyl sites for hydroxylation is 1. The van der Waals surface area contributed by atoms with Crippen molar-refractivity contribution in [3.63, 3.8) is 0 Å². The van der Waals surface area contributed by atoms with Crippen LogP contribution in [0.1, 0.15) is 55.2 Å². The zero-order valence-corrected chi connectivity index (χ0v) is 21.3. The number of nitrogens with zero attached hydrogens (tertiary/aromatic N) is 2. The van der Waals surface area contributed by atoms with Gasteiger partial charge in [0.05, 0.1) is 18.6 Å². The van der Waals surface area contributed by atoms with E-state index in [4.69, 9.17) is 4.74 Å². The van der Waals surface area contributed by atoms with Crippen LogP contribution in [0.15, 0.2) is 48.5 Å². The van der Waals surface area contributed by atoms with E-state index in [1.165, 1.54) is 16.7 Å². The van der Waals surface area contributed by atoms with Crippen LogP contribution in [-0.2, 0) is 29.0 Å². The van der Waals surface area contributed by atoms with Gasteiger partial charge in [-0.15, -0.1) is 0 Å². The van der Waals surface area contributed by atoms with Gasteiger partial charge in [-0.05, 0) is 67.7 Å². The van der Waals surface area contributed by atoms with Crippen molar-refractivity contribution in [2.45, 2.75) is 57.9 Å². The van der Waals surface area contributed by atoms with E-state index in [0.29, 0.717) is 32.8 Å². The maximum Gasteiger partial charge on any atom is 0.236 e. The third-order valence-electron chi connectivity index (χ3n) is 8.31. The predicted molar refractivity (Wildman–Crippen MR) is 141 cm³/mol. The number of likely N-dealkylation sites (tertiary alicyclic amines) is 1. The van der Waals surface area contributed by atoms with E-state index in [9.17, 15) is 9.59 Å². The Kier molecular flexibility index (Phi) is 7.90. The van der Waals surface area contributed by atoms with Crippen LogP contribution < -0.4 is 10.1 Å². The fourth-order valence-corrected chi connectivity index (χ4v) is 6.03. The lowest BCUT2D eigenvalue weighted by Crippen LogP contribution is -2.52. The highest BCUT2D eigenvalue weighted by Gasteiger charge is 2.41. The molecule has 3 heterocycles. The highest BCUT2D eigenvalue weighted by Crippen LogP contribution is 2.38. The van der Waals surface area contributed by atoms with Gasteiger partial charge in [-0.3, -0.25) is 14.5 Å². The second-order valence-corrected chi connectivity index (χ2v) is 10.7. The lowest BCUT2D eigenvalue weighted by atomic mass is 9.73. The number of carbonyl (C=O) groups excluding carboxylic acids is 2. The molecule has 0 atom stereocenters. The third-order valence-corrected chi connectivity index (χ3v) is 8.31. The van der Waals surface area contributed by atoms with Crippen molar-refractivity contribution < 1.29 is 14.3 Å². The molecule has 2 amide bonds. The quantitative estimate of drug-likeness (QED) is 0.694. The minimum absolute atomic E-state index is 0.166. The Labute approximate surface area is 215 Å². The molecule has 0 unspecified atom stereocenters. The normalized spacial score (nSPS) is 21.1. The van der Waals surface area contributed by atoms with Crippen molar-refractivity contribution >= 4 is 11.8 Å². The second kappa shape index (κ2) is 11.5. The Morgan fingerprint density at radius 2 is 1.61 bits per heavy atom. The van der Waals surface area contributed by atoms with Gasteiger partial charge < -0.3 is 15.0 Å². The first-order chi connectivity index (χ1) is 17.6. The molecular weight excluding hydrogens is 450 g/mol. The first kappa shape index (κ1) is 24.8. The fourth-order valence-electron chi connectivity index (χ4n) is 6.03. The Balaban J connectivity index is 1.17. The molecule has 3 aliphatic heterocycles. The number of rotatable bonds is 2. The van der Waals surface area contributed by atoms with Crippen LogP contribution in [-0.4, -0.2) is 60.9 Å². The SMILES string of the molecule is O=C(CN1CCc2ccccc2C1)N1CCC2(CCCCc3ccccc3OCCCNC2=O)CC1. The van der Waals surface area contributed by atoms with Crippen molar-refractivity contribution in [1.29, 1.82) is 0 Å². The van der Waals surface area contributed by atoms with Crippen LogP contribution in [0, 0.1) is 5.41 Å². The molecule has 0 bridgehead atoms. The Bertz CT molecular complexity index is 1060. The summed E-state index contributed by atoms with van der Waals surface area (Å²) in [5.41, 5.74) is 3.63. The van der Waals surface area contributed by atoms with Crippen LogP contribution in [0.2, 0.25) is 0 Å². The summed E-state index contributed by atoms with van der Waals surface area (Å²) < 4.78 is 6.00. The van der Waals surface area contributed by atoms with Crippen molar-refractivity contribution in [2.24, 2.45) is 5.41 Å². The molecule has 192 valence electrons. The van der Waals surface area contributed by atoms with Crippen LogP contribution in [0.25, 0.3) is 0 Å². The summed E-state index contributed by atoms with van der Waals surface area (Å²) in [5, 5.41) is 3.19. The van der Waals surface area contributed by atoms with E-state index in [1.54, 1.807) is 0 Å². The Morgan fingerprint density at radius 1 is 0.861 bits per heavy atom. The zero-order valence-electron chi connectivity index (χ0n) is 21.3. The maximum absolute atomic E-state index is 13.4. The summed E-state index contributed by atoms with van der Waals surface area (Å²) in [4.78, 5) is 30.8. The number of ether oxygens (including phenoxy) is 1.